The summed E-state index contributed by atoms with van der Waals surface area (Å²) < 4.78 is 62.1. The molecule has 1 fully saturated rings. The Labute approximate surface area is 120 Å². The van der Waals surface area contributed by atoms with Gasteiger partial charge in [-0.3, -0.25) is 0 Å². The summed E-state index contributed by atoms with van der Waals surface area (Å²) in [7, 11) is -3.29. The van der Waals surface area contributed by atoms with Crippen molar-refractivity contribution < 1.29 is 21.6 Å². The number of aromatic nitrogens is 1. The topological polar surface area (TPSA) is 79.5 Å². The third kappa shape index (κ3) is 3.56. The van der Waals surface area contributed by atoms with Gasteiger partial charge >= 0.3 is 6.18 Å². The number of piperazine rings is 1. The number of rotatable bonds is 2. The molecule has 0 bridgehead atoms. The highest BCUT2D eigenvalue weighted by Gasteiger charge is 2.34. The van der Waals surface area contributed by atoms with E-state index >= 15 is 0 Å². The normalized spacial score (nSPS) is 18.0. The summed E-state index contributed by atoms with van der Waals surface area (Å²) in [4.78, 5) is 4.91. The van der Waals surface area contributed by atoms with Crippen LogP contribution >= 0.6 is 0 Å². The first-order valence-electron chi connectivity index (χ1n) is 6.12. The van der Waals surface area contributed by atoms with E-state index in [1.54, 1.807) is 4.90 Å². The van der Waals surface area contributed by atoms with E-state index in [4.69, 9.17) is 5.73 Å². The molecule has 0 unspecified atom stereocenters. The molecule has 1 saturated heterocycles. The van der Waals surface area contributed by atoms with Crippen molar-refractivity contribution >= 4 is 21.4 Å². The quantitative estimate of drug-likeness (QED) is 0.869. The maximum absolute atomic E-state index is 12.7. The van der Waals surface area contributed by atoms with E-state index in [0.717, 1.165) is 18.5 Å². The minimum absolute atomic E-state index is 0.135. The van der Waals surface area contributed by atoms with Gasteiger partial charge in [-0.2, -0.15) is 17.5 Å². The van der Waals surface area contributed by atoms with E-state index in [1.165, 1.54) is 4.31 Å². The van der Waals surface area contributed by atoms with Crippen LogP contribution in [-0.4, -0.2) is 50.1 Å². The Balaban J connectivity index is 2.21. The van der Waals surface area contributed by atoms with Gasteiger partial charge in [0, 0.05) is 26.2 Å². The van der Waals surface area contributed by atoms with Crippen molar-refractivity contribution in [2.75, 3.05) is 43.1 Å². The lowest BCUT2D eigenvalue weighted by Crippen LogP contribution is -2.48. The fraction of sp³-hybridized carbons (Fsp3) is 0.545. The molecule has 6 nitrogen and oxygen atoms in total. The summed E-state index contributed by atoms with van der Waals surface area (Å²) in [5, 5.41) is 0. The van der Waals surface area contributed by atoms with Crippen LogP contribution in [0.4, 0.5) is 24.5 Å². The molecule has 1 aromatic heterocycles. The number of pyridine rings is 1. The SMILES string of the molecule is CS(=O)(=O)N1CCN(c2cc(C(F)(F)F)ncc2N)CC1. The predicted molar refractivity (Wildman–Crippen MR) is 72.3 cm³/mol. The van der Waals surface area contributed by atoms with Crippen LogP contribution in [0.25, 0.3) is 0 Å². The summed E-state index contributed by atoms with van der Waals surface area (Å²) in [5.74, 6) is 0. The minimum atomic E-state index is -4.54. The second kappa shape index (κ2) is 5.34. The number of nitrogens with zero attached hydrogens (tertiary/aromatic N) is 3. The van der Waals surface area contributed by atoms with Gasteiger partial charge in [0.1, 0.15) is 5.69 Å². The van der Waals surface area contributed by atoms with Gasteiger partial charge in [0.2, 0.25) is 10.0 Å². The lowest BCUT2D eigenvalue weighted by Gasteiger charge is -2.35. The maximum Gasteiger partial charge on any atom is 0.433 e. The molecule has 0 spiro atoms. The maximum atomic E-state index is 12.7. The van der Waals surface area contributed by atoms with Crippen molar-refractivity contribution in [2.24, 2.45) is 0 Å². The molecule has 2 heterocycles. The number of hydrogen-bond donors (Lipinski definition) is 1. The number of nitrogen functional groups attached to an aromatic ring is 1. The fourth-order valence-electron chi connectivity index (χ4n) is 2.14. The summed E-state index contributed by atoms with van der Waals surface area (Å²) in [6.45, 7) is 0.973. The van der Waals surface area contributed by atoms with Crippen LogP contribution in [0.3, 0.4) is 0 Å². The molecule has 10 heteroatoms. The van der Waals surface area contributed by atoms with E-state index in [9.17, 15) is 21.6 Å². The van der Waals surface area contributed by atoms with E-state index in [2.05, 4.69) is 4.98 Å². The summed E-state index contributed by atoms with van der Waals surface area (Å²) in [6, 6.07) is 0.894. The lowest BCUT2D eigenvalue weighted by molar-refractivity contribution is -0.141. The number of sulfonamides is 1. The molecule has 1 aromatic rings. The second-order valence-corrected chi connectivity index (χ2v) is 6.76. The van der Waals surface area contributed by atoms with E-state index in [1.807, 2.05) is 0 Å². The van der Waals surface area contributed by atoms with Crippen molar-refractivity contribution in [3.63, 3.8) is 0 Å². The van der Waals surface area contributed by atoms with E-state index in [0.29, 0.717) is 0 Å². The standard InChI is InChI=1S/C11H15F3N4O2S/c1-21(19,20)18-4-2-17(3-5-18)9-6-10(11(12,13)14)16-7-8(9)15/h6-7H,2-5,15H2,1H3. The average molecular weight is 324 g/mol. The number of hydrogen-bond acceptors (Lipinski definition) is 5. The van der Waals surface area contributed by atoms with E-state index in [-0.39, 0.29) is 37.6 Å². The van der Waals surface area contributed by atoms with Crippen LogP contribution < -0.4 is 10.6 Å². The van der Waals surface area contributed by atoms with Crippen LogP contribution in [0.2, 0.25) is 0 Å². The smallest absolute Gasteiger partial charge is 0.396 e. The molecule has 0 atom stereocenters. The van der Waals surface area contributed by atoms with Crippen LogP contribution in [-0.2, 0) is 16.2 Å². The van der Waals surface area contributed by atoms with Gasteiger partial charge in [-0.1, -0.05) is 0 Å². The highest BCUT2D eigenvalue weighted by atomic mass is 32.2. The van der Waals surface area contributed by atoms with Crippen LogP contribution in [0.5, 0.6) is 0 Å². The van der Waals surface area contributed by atoms with Crippen molar-refractivity contribution in [3.05, 3.63) is 18.0 Å². The van der Waals surface area contributed by atoms with Crippen molar-refractivity contribution in [1.29, 1.82) is 0 Å². The zero-order valence-corrected chi connectivity index (χ0v) is 12.1. The monoisotopic (exact) mass is 324 g/mol. The molecule has 1 aliphatic heterocycles. The molecule has 0 saturated carbocycles. The summed E-state index contributed by atoms with van der Waals surface area (Å²) in [6.07, 6.45) is -2.47. The van der Waals surface area contributed by atoms with Crippen molar-refractivity contribution in [3.8, 4) is 0 Å². The Morgan fingerprint density at radius 3 is 2.29 bits per heavy atom. The zero-order chi connectivity index (χ0) is 15.8. The molecule has 2 N–H and O–H groups in total. The molecular formula is C11H15F3N4O2S. The first-order valence-corrected chi connectivity index (χ1v) is 7.96. The number of anilines is 2. The summed E-state index contributed by atoms with van der Waals surface area (Å²) >= 11 is 0. The predicted octanol–water partition coefficient (Wildman–Crippen LogP) is 0.764. The molecule has 0 radical (unpaired) electrons. The molecule has 21 heavy (non-hydrogen) atoms. The number of nitrogens with two attached hydrogens (primary N) is 1. The third-order valence-electron chi connectivity index (χ3n) is 3.25. The Kier molecular flexibility index (Phi) is 4.02. The van der Waals surface area contributed by atoms with Gasteiger partial charge in [0.05, 0.1) is 23.8 Å². The molecule has 1 aliphatic rings. The molecule has 118 valence electrons. The molecule has 0 aromatic carbocycles. The van der Waals surface area contributed by atoms with Gasteiger partial charge in [-0.05, 0) is 6.07 Å². The van der Waals surface area contributed by atoms with Gasteiger partial charge in [0.15, 0.2) is 0 Å². The largest absolute Gasteiger partial charge is 0.433 e. The van der Waals surface area contributed by atoms with Gasteiger partial charge < -0.3 is 10.6 Å². The highest BCUT2D eigenvalue weighted by Crippen LogP contribution is 2.33. The third-order valence-corrected chi connectivity index (χ3v) is 4.55. The molecule has 2 rings (SSSR count). The van der Waals surface area contributed by atoms with Crippen LogP contribution in [0, 0.1) is 0 Å². The molecule has 0 amide bonds. The molecular weight excluding hydrogens is 309 g/mol. The van der Waals surface area contributed by atoms with E-state index < -0.39 is 21.9 Å². The Hall–Kier alpha value is -1.55. The molecule has 0 aliphatic carbocycles. The minimum Gasteiger partial charge on any atom is -0.396 e. The first-order chi connectivity index (χ1) is 9.59. The van der Waals surface area contributed by atoms with Crippen LogP contribution in [0.15, 0.2) is 12.3 Å². The van der Waals surface area contributed by atoms with Gasteiger partial charge in [-0.25, -0.2) is 13.4 Å². The number of alkyl halides is 3. The Bertz CT molecular complexity index is 625. The first kappa shape index (κ1) is 15.8. The summed E-state index contributed by atoms with van der Waals surface area (Å²) in [5.41, 5.74) is 5.03. The van der Waals surface area contributed by atoms with Crippen LogP contribution in [0.1, 0.15) is 5.69 Å². The average Bonchev–Trinajstić information content (AvgIpc) is 2.37. The lowest BCUT2D eigenvalue weighted by atomic mass is 10.2. The highest BCUT2D eigenvalue weighted by molar-refractivity contribution is 7.88. The fourth-order valence-corrected chi connectivity index (χ4v) is 2.97. The van der Waals surface area contributed by atoms with Crippen molar-refractivity contribution in [1.82, 2.24) is 9.29 Å². The zero-order valence-electron chi connectivity index (χ0n) is 11.3. The van der Waals surface area contributed by atoms with Gasteiger partial charge in [0.25, 0.3) is 0 Å². The number of halogens is 3. The van der Waals surface area contributed by atoms with Gasteiger partial charge in [-0.15, -0.1) is 0 Å². The second-order valence-electron chi connectivity index (χ2n) is 4.78. The Morgan fingerprint density at radius 1 is 1.24 bits per heavy atom. The Morgan fingerprint density at radius 2 is 1.81 bits per heavy atom. The van der Waals surface area contributed by atoms with Crippen molar-refractivity contribution in [2.45, 2.75) is 6.18 Å².